The van der Waals surface area contributed by atoms with Crippen molar-refractivity contribution in [3.05, 3.63) is 75.8 Å². The Labute approximate surface area is 157 Å². The molecular weight excluding hydrogens is 392 g/mol. The van der Waals surface area contributed by atoms with E-state index in [4.69, 9.17) is 0 Å². The first-order valence-corrected chi connectivity index (χ1v) is 9.80. The van der Waals surface area contributed by atoms with Gasteiger partial charge < -0.3 is 0 Å². The van der Waals surface area contributed by atoms with Gasteiger partial charge in [-0.2, -0.15) is 0 Å². The molecule has 0 aliphatic carbocycles. The summed E-state index contributed by atoms with van der Waals surface area (Å²) in [7, 11) is -4.13. The number of hydrogen-bond donors (Lipinski definition) is 2. The SMILES string of the molecule is O=C(Nc1nccs1)c1ccccc1NS(=O)(=O)c1cccc([N+](=O)[O-])c1. The van der Waals surface area contributed by atoms with Gasteiger partial charge in [0.15, 0.2) is 5.13 Å². The topological polar surface area (TPSA) is 131 Å². The van der Waals surface area contributed by atoms with Crippen molar-refractivity contribution < 1.29 is 18.1 Å². The molecule has 1 amide bonds. The molecule has 0 saturated heterocycles. The van der Waals surface area contributed by atoms with Crippen LogP contribution in [-0.4, -0.2) is 24.2 Å². The first-order chi connectivity index (χ1) is 12.9. The molecule has 27 heavy (non-hydrogen) atoms. The summed E-state index contributed by atoms with van der Waals surface area (Å²) in [6.07, 6.45) is 1.53. The number of carbonyl (C=O) groups is 1. The molecule has 3 aromatic rings. The normalized spacial score (nSPS) is 11.0. The molecule has 1 heterocycles. The van der Waals surface area contributed by atoms with E-state index in [-0.39, 0.29) is 21.8 Å². The molecule has 11 heteroatoms. The number of nitrogens with one attached hydrogen (secondary N) is 2. The van der Waals surface area contributed by atoms with E-state index in [0.717, 1.165) is 6.07 Å². The third kappa shape index (κ3) is 4.27. The average molecular weight is 404 g/mol. The maximum absolute atomic E-state index is 12.6. The van der Waals surface area contributed by atoms with E-state index in [1.165, 1.54) is 47.9 Å². The summed E-state index contributed by atoms with van der Waals surface area (Å²) in [4.78, 5) is 26.3. The lowest BCUT2D eigenvalue weighted by atomic mass is 10.2. The van der Waals surface area contributed by atoms with E-state index in [9.17, 15) is 23.3 Å². The predicted octanol–water partition coefficient (Wildman–Crippen LogP) is 3.10. The van der Waals surface area contributed by atoms with Gasteiger partial charge in [0, 0.05) is 23.7 Å². The van der Waals surface area contributed by atoms with E-state index < -0.39 is 20.9 Å². The van der Waals surface area contributed by atoms with Crippen LogP contribution in [0.4, 0.5) is 16.5 Å². The molecule has 0 aliphatic heterocycles. The number of amides is 1. The van der Waals surface area contributed by atoms with Gasteiger partial charge in [-0.25, -0.2) is 13.4 Å². The standard InChI is InChI=1S/C16H12N4O5S2/c21-15(18-16-17-8-9-26-16)13-6-1-2-7-14(13)19-27(24,25)12-5-3-4-11(10-12)20(22)23/h1-10,19H,(H,17,18,21). The highest BCUT2D eigenvalue weighted by Gasteiger charge is 2.21. The number of sulfonamides is 1. The maximum Gasteiger partial charge on any atom is 0.270 e. The van der Waals surface area contributed by atoms with Crippen LogP contribution in [0.1, 0.15) is 10.4 Å². The van der Waals surface area contributed by atoms with E-state index in [2.05, 4.69) is 15.0 Å². The molecule has 1 aromatic heterocycles. The van der Waals surface area contributed by atoms with Crippen molar-refractivity contribution in [1.82, 2.24) is 4.98 Å². The Hall–Kier alpha value is -3.31. The third-order valence-electron chi connectivity index (χ3n) is 3.41. The largest absolute Gasteiger partial charge is 0.298 e. The van der Waals surface area contributed by atoms with Gasteiger partial charge in [0.1, 0.15) is 0 Å². The molecule has 0 unspecified atom stereocenters. The van der Waals surface area contributed by atoms with Gasteiger partial charge in [-0.15, -0.1) is 11.3 Å². The number of nitro groups is 1. The number of hydrogen-bond acceptors (Lipinski definition) is 7. The maximum atomic E-state index is 12.6. The van der Waals surface area contributed by atoms with Gasteiger partial charge in [0.05, 0.1) is 21.1 Å². The second kappa shape index (κ2) is 7.51. The molecule has 2 aromatic carbocycles. The Morgan fingerprint density at radius 2 is 1.93 bits per heavy atom. The highest BCUT2D eigenvalue weighted by atomic mass is 32.2. The summed E-state index contributed by atoms with van der Waals surface area (Å²) in [5, 5.41) is 15.5. The van der Waals surface area contributed by atoms with Crippen LogP contribution in [0.25, 0.3) is 0 Å². The molecule has 0 spiro atoms. The lowest BCUT2D eigenvalue weighted by Gasteiger charge is -2.12. The fourth-order valence-corrected chi connectivity index (χ4v) is 3.83. The number of non-ortho nitro benzene ring substituents is 1. The van der Waals surface area contributed by atoms with Gasteiger partial charge in [-0.05, 0) is 18.2 Å². The fourth-order valence-electron chi connectivity index (χ4n) is 2.19. The van der Waals surface area contributed by atoms with Crippen molar-refractivity contribution in [1.29, 1.82) is 0 Å². The lowest BCUT2D eigenvalue weighted by Crippen LogP contribution is -2.18. The fraction of sp³-hybridized carbons (Fsp3) is 0. The molecular formula is C16H12N4O5S2. The summed E-state index contributed by atoms with van der Waals surface area (Å²) < 4.78 is 27.5. The number of carbonyl (C=O) groups excluding carboxylic acids is 1. The molecule has 2 N–H and O–H groups in total. The summed E-state index contributed by atoms with van der Waals surface area (Å²) >= 11 is 1.22. The van der Waals surface area contributed by atoms with Gasteiger partial charge in [-0.3, -0.25) is 24.9 Å². The van der Waals surface area contributed by atoms with Gasteiger partial charge >= 0.3 is 0 Å². The Morgan fingerprint density at radius 1 is 1.15 bits per heavy atom. The Balaban J connectivity index is 1.90. The van der Waals surface area contributed by atoms with Crippen LogP contribution in [0.15, 0.2) is 65.0 Å². The molecule has 0 saturated carbocycles. The Morgan fingerprint density at radius 3 is 2.63 bits per heavy atom. The van der Waals surface area contributed by atoms with Gasteiger partial charge in [0.2, 0.25) is 0 Å². The molecule has 0 aliphatic rings. The minimum atomic E-state index is -4.13. The van der Waals surface area contributed by atoms with Crippen molar-refractivity contribution in [2.75, 3.05) is 10.0 Å². The Kier molecular flexibility index (Phi) is 5.14. The number of anilines is 2. The monoisotopic (exact) mass is 404 g/mol. The molecule has 9 nitrogen and oxygen atoms in total. The van der Waals surface area contributed by atoms with Crippen LogP contribution >= 0.6 is 11.3 Å². The molecule has 0 atom stereocenters. The number of aromatic nitrogens is 1. The number of nitro benzene ring substituents is 1. The molecule has 0 radical (unpaired) electrons. The van der Waals surface area contributed by atoms with E-state index in [1.807, 2.05) is 0 Å². The van der Waals surface area contributed by atoms with E-state index in [0.29, 0.717) is 5.13 Å². The number of nitrogens with zero attached hydrogens (tertiary/aromatic N) is 2. The number of benzene rings is 2. The van der Waals surface area contributed by atoms with Crippen LogP contribution in [0, 0.1) is 10.1 Å². The predicted molar refractivity (Wildman–Crippen MR) is 100 cm³/mol. The van der Waals surface area contributed by atoms with Crippen molar-refractivity contribution >= 4 is 43.8 Å². The lowest BCUT2D eigenvalue weighted by molar-refractivity contribution is -0.385. The van der Waals surface area contributed by atoms with Crippen molar-refractivity contribution in [2.24, 2.45) is 0 Å². The zero-order valence-corrected chi connectivity index (χ0v) is 15.2. The van der Waals surface area contributed by atoms with Gasteiger partial charge in [-0.1, -0.05) is 18.2 Å². The number of thiazole rings is 1. The first-order valence-electron chi connectivity index (χ1n) is 7.44. The minimum Gasteiger partial charge on any atom is -0.298 e. The number of para-hydroxylation sites is 1. The first kappa shape index (κ1) is 18.5. The zero-order chi connectivity index (χ0) is 19.4. The van der Waals surface area contributed by atoms with Gasteiger partial charge in [0.25, 0.3) is 21.6 Å². The molecule has 0 fully saturated rings. The Bertz CT molecular complexity index is 1100. The van der Waals surface area contributed by atoms with Crippen LogP contribution in [0.3, 0.4) is 0 Å². The van der Waals surface area contributed by atoms with Crippen LogP contribution in [0.5, 0.6) is 0 Å². The average Bonchev–Trinajstić information content (AvgIpc) is 3.15. The summed E-state index contributed by atoms with van der Waals surface area (Å²) in [6.45, 7) is 0. The quantitative estimate of drug-likeness (QED) is 0.479. The van der Waals surface area contributed by atoms with E-state index in [1.54, 1.807) is 17.5 Å². The van der Waals surface area contributed by atoms with Crippen molar-refractivity contribution in [3.63, 3.8) is 0 Å². The third-order valence-corrected chi connectivity index (χ3v) is 5.46. The van der Waals surface area contributed by atoms with E-state index >= 15 is 0 Å². The second-order valence-electron chi connectivity index (χ2n) is 5.20. The summed E-state index contributed by atoms with van der Waals surface area (Å²) in [5.41, 5.74) is -0.229. The zero-order valence-electron chi connectivity index (χ0n) is 13.5. The van der Waals surface area contributed by atoms with Crippen LogP contribution in [0.2, 0.25) is 0 Å². The summed E-state index contributed by atoms with van der Waals surface area (Å²) in [5.74, 6) is -0.540. The molecule has 0 bridgehead atoms. The highest BCUT2D eigenvalue weighted by Crippen LogP contribution is 2.23. The smallest absolute Gasteiger partial charge is 0.270 e. The number of rotatable bonds is 6. The highest BCUT2D eigenvalue weighted by molar-refractivity contribution is 7.92. The van der Waals surface area contributed by atoms with Crippen LogP contribution in [-0.2, 0) is 10.0 Å². The molecule has 138 valence electrons. The second-order valence-corrected chi connectivity index (χ2v) is 7.77. The summed E-state index contributed by atoms with van der Waals surface area (Å²) in [6, 6.07) is 10.7. The van der Waals surface area contributed by atoms with Crippen LogP contribution < -0.4 is 10.0 Å². The van der Waals surface area contributed by atoms with Crippen molar-refractivity contribution in [3.8, 4) is 0 Å². The minimum absolute atomic E-state index is 0.0399. The molecule has 3 rings (SSSR count). The van der Waals surface area contributed by atoms with Crippen molar-refractivity contribution in [2.45, 2.75) is 4.90 Å².